The van der Waals surface area contributed by atoms with Gasteiger partial charge >= 0.3 is 11.9 Å². The molecular formula is C8H14ClNO4. The van der Waals surface area contributed by atoms with Crippen LogP contribution in [0.3, 0.4) is 0 Å². The molecular weight excluding hydrogens is 210 g/mol. The average molecular weight is 224 g/mol. The van der Waals surface area contributed by atoms with E-state index in [0.717, 1.165) is 0 Å². The fourth-order valence-electron chi connectivity index (χ4n) is 0.710. The maximum absolute atomic E-state index is 10.9. The van der Waals surface area contributed by atoms with Gasteiger partial charge in [-0.3, -0.25) is 9.59 Å². The standard InChI is InChI=1S/C8H14ClNO4/c9-4-1-5-14-7(11)3-2-6(10)8(12)13/h6H,1-5,10H2,(H,12,13)/t6-/m0/s1. The van der Waals surface area contributed by atoms with E-state index < -0.39 is 18.0 Å². The van der Waals surface area contributed by atoms with Crippen LogP contribution < -0.4 is 5.73 Å². The molecule has 1 atom stereocenters. The van der Waals surface area contributed by atoms with E-state index in [9.17, 15) is 9.59 Å². The number of esters is 1. The van der Waals surface area contributed by atoms with Gasteiger partial charge in [0.05, 0.1) is 6.61 Å². The van der Waals surface area contributed by atoms with Gasteiger partial charge in [0.25, 0.3) is 0 Å². The van der Waals surface area contributed by atoms with Crippen molar-refractivity contribution in [3.05, 3.63) is 0 Å². The summed E-state index contributed by atoms with van der Waals surface area (Å²) in [5.74, 6) is -1.12. The molecule has 0 aromatic heterocycles. The molecule has 0 radical (unpaired) electrons. The number of carboxylic acids is 1. The highest BCUT2D eigenvalue weighted by Gasteiger charge is 2.13. The molecule has 0 aliphatic carbocycles. The molecule has 0 bridgehead atoms. The molecule has 82 valence electrons. The Kier molecular flexibility index (Phi) is 7.14. The number of nitrogens with two attached hydrogens (primary N) is 1. The Bertz CT molecular complexity index is 198. The highest BCUT2D eigenvalue weighted by Crippen LogP contribution is 1.98. The number of carboxylic acid groups (broad SMARTS) is 1. The molecule has 0 fully saturated rings. The van der Waals surface area contributed by atoms with Crippen LogP contribution in [0, 0.1) is 0 Å². The summed E-state index contributed by atoms with van der Waals surface area (Å²) in [5.41, 5.74) is 5.19. The summed E-state index contributed by atoms with van der Waals surface area (Å²) in [7, 11) is 0. The SMILES string of the molecule is N[C@@H](CCC(=O)OCCCCl)C(=O)O. The lowest BCUT2D eigenvalue weighted by Gasteiger charge is -2.06. The molecule has 0 aliphatic heterocycles. The summed E-state index contributed by atoms with van der Waals surface area (Å²) < 4.78 is 4.74. The molecule has 0 amide bonds. The lowest BCUT2D eigenvalue weighted by Crippen LogP contribution is -2.30. The van der Waals surface area contributed by atoms with Crippen LogP contribution >= 0.6 is 11.6 Å². The molecule has 5 nitrogen and oxygen atoms in total. The first-order valence-corrected chi connectivity index (χ1v) is 4.81. The van der Waals surface area contributed by atoms with Crippen molar-refractivity contribution in [3.63, 3.8) is 0 Å². The smallest absolute Gasteiger partial charge is 0.320 e. The molecule has 0 aromatic rings. The summed E-state index contributed by atoms with van der Waals surface area (Å²) in [5, 5.41) is 8.41. The normalized spacial score (nSPS) is 12.1. The lowest BCUT2D eigenvalue weighted by atomic mass is 10.2. The van der Waals surface area contributed by atoms with Gasteiger partial charge in [-0.1, -0.05) is 0 Å². The molecule has 0 unspecified atom stereocenters. The van der Waals surface area contributed by atoms with Gasteiger partial charge < -0.3 is 15.6 Å². The monoisotopic (exact) mass is 223 g/mol. The summed E-state index contributed by atoms with van der Waals surface area (Å²) in [6, 6.07) is -1.00. The quantitative estimate of drug-likeness (QED) is 0.369. The van der Waals surface area contributed by atoms with Crippen molar-refractivity contribution < 1.29 is 19.4 Å². The van der Waals surface area contributed by atoms with E-state index in [1.54, 1.807) is 0 Å². The third-order valence-electron chi connectivity index (χ3n) is 1.52. The molecule has 0 aliphatic rings. The number of aliphatic carboxylic acids is 1. The first-order valence-electron chi connectivity index (χ1n) is 4.28. The predicted octanol–water partition coefficient (Wildman–Crippen LogP) is 0.351. The zero-order valence-electron chi connectivity index (χ0n) is 7.74. The minimum absolute atomic E-state index is 0.0236. The summed E-state index contributed by atoms with van der Waals surface area (Å²) in [6.45, 7) is 0.268. The zero-order chi connectivity index (χ0) is 11.0. The molecule has 0 aromatic carbocycles. The highest BCUT2D eigenvalue weighted by atomic mass is 35.5. The summed E-state index contributed by atoms with van der Waals surface area (Å²) >= 11 is 5.37. The highest BCUT2D eigenvalue weighted by molar-refractivity contribution is 6.17. The van der Waals surface area contributed by atoms with Crippen LogP contribution in [0.25, 0.3) is 0 Å². The van der Waals surface area contributed by atoms with E-state index in [1.807, 2.05) is 0 Å². The van der Waals surface area contributed by atoms with Gasteiger partial charge in [-0.2, -0.15) is 0 Å². The van der Waals surface area contributed by atoms with E-state index in [2.05, 4.69) is 0 Å². The minimum atomic E-state index is -1.11. The number of carbonyl (C=O) groups is 2. The zero-order valence-corrected chi connectivity index (χ0v) is 8.50. The molecule has 0 rings (SSSR count). The molecule has 0 spiro atoms. The van der Waals surface area contributed by atoms with Crippen LogP contribution in [0.1, 0.15) is 19.3 Å². The number of ether oxygens (including phenoxy) is 1. The van der Waals surface area contributed by atoms with Gasteiger partial charge in [0.1, 0.15) is 6.04 Å². The number of halogens is 1. The minimum Gasteiger partial charge on any atom is -0.480 e. The van der Waals surface area contributed by atoms with Crippen LogP contribution in [-0.2, 0) is 14.3 Å². The van der Waals surface area contributed by atoms with Gasteiger partial charge in [-0.15, -0.1) is 11.6 Å². The molecule has 3 N–H and O–H groups in total. The van der Waals surface area contributed by atoms with Crippen LogP contribution in [0.2, 0.25) is 0 Å². The Morgan fingerprint density at radius 3 is 2.64 bits per heavy atom. The van der Waals surface area contributed by atoms with Crippen molar-refractivity contribution in [2.75, 3.05) is 12.5 Å². The Labute approximate surface area is 87.2 Å². The number of alkyl halides is 1. The molecule has 6 heteroatoms. The maximum Gasteiger partial charge on any atom is 0.320 e. The average Bonchev–Trinajstić information content (AvgIpc) is 2.14. The van der Waals surface area contributed by atoms with Gasteiger partial charge in [0.2, 0.25) is 0 Å². The number of rotatable bonds is 7. The summed E-state index contributed by atoms with van der Waals surface area (Å²) in [4.78, 5) is 21.2. The molecule has 0 saturated heterocycles. The first-order chi connectivity index (χ1) is 6.57. The van der Waals surface area contributed by atoms with Crippen molar-refractivity contribution in [3.8, 4) is 0 Å². The van der Waals surface area contributed by atoms with E-state index in [1.165, 1.54) is 0 Å². The van der Waals surface area contributed by atoms with E-state index in [-0.39, 0.29) is 19.4 Å². The van der Waals surface area contributed by atoms with Crippen LogP contribution in [0.5, 0.6) is 0 Å². The fourth-order valence-corrected chi connectivity index (χ4v) is 0.819. The predicted molar refractivity (Wildman–Crippen MR) is 51.1 cm³/mol. The van der Waals surface area contributed by atoms with Crippen LogP contribution in [-0.4, -0.2) is 35.6 Å². The topological polar surface area (TPSA) is 89.6 Å². The van der Waals surface area contributed by atoms with E-state index >= 15 is 0 Å². The number of hydrogen-bond acceptors (Lipinski definition) is 4. The van der Waals surface area contributed by atoms with Crippen molar-refractivity contribution in [2.24, 2.45) is 5.73 Å². The summed E-state index contributed by atoms with van der Waals surface area (Å²) in [6.07, 6.45) is 0.711. The van der Waals surface area contributed by atoms with Crippen LogP contribution in [0.15, 0.2) is 0 Å². The third-order valence-corrected chi connectivity index (χ3v) is 1.78. The Morgan fingerprint density at radius 1 is 1.50 bits per heavy atom. The molecule has 0 heterocycles. The van der Waals surface area contributed by atoms with Crippen LogP contribution in [0.4, 0.5) is 0 Å². The van der Waals surface area contributed by atoms with E-state index in [4.69, 9.17) is 27.2 Å². The Hall–Kier alpha value is -0.810. The second-order valence-corrected chi connectivity index (χ2v) is 3.12. The van der Waals surface area contributed by atoms with E-state index in [0.29, 0.717) is 12.3 Å². The van der Waals surface area contributed by atoms with Crippen molar-refractivity contribution in [2.45, 2.75) is 25.3 Å². The third kappa shape index (κ3) is 6.68. The molecule has 14 heavy (non-hydrogen) atoms. The number of carbonyl (C=O) groups excluding carboxylic acids is 1. The Morgan fingerprint density at radius 2 is 2.14 bits per heavy atom. The van der Waals surface area contributed by atoms with Gasteiger partial charge in [-0.05, 0) is 12.8 Å². The van der Waals surface area contributed by atoms with Gasteiger partial charge in [0.15, 0.2) is 0 Å². The maximum atomic E-state index is 10.9. The molecule has 0 saturated carbocycles. The van der Waals surface area contributed by atoms with Crippen molar-refractivity contribution in [1.82, 2.24) is 0 Å². The lowest BCUT2D eigenvalue weighted by molar-refractivity contribution is -0.144. The number of hydrogen-bond donors (Lipinski definition) is 2. The Balaban J connectivity index is 3.48. The second kappa shape index (κ2) is 7.58. The van der Waals surface area contributed by atoms with Gasteiger partial charge in [0, 0.05) is 12.3 Å². The van der Waals surface area contributed by atoms with Crippen molar-refractivity contribution >= 4 is 23.5 Å². The fraction of sp³-hybridized carbons (Fsp3) is 0.750. The van der Waals surface area contributed by atoms with Crippen molar-refractivity contribution in [1.29, 1.82) is 0 Å². The second-order valence-electron chi connectivity index (χ2n) is 2.75. The largest absolute Gasteiger partial charge is 0.480 e. The van der Waals surface area contributed by atoms with Gasteiger partial charge in [-0.25, -0.2) is 0 Å². The first kappa shape index (κ1) is 13.2.